The third-order valence-corrected chi connectivity index (χ3v) is 3.07. The minimum Gasteiger partial charge on any atom is -0.508 e. The minimum absolute atomic E-state index is 0.118. The number of halogens is 1. The summed E-state index contributed by atoms with van der Waals surface area (Å²) in [4.78, 5) is 17.6. The number of hydrogen-bond acceptors (Lipinski definition) is 4. The number of carbonyl (C=O) groups is 1. The third-order valence-electron chi connectivity index (χ3n) is 2.77. The lowest BCUT2D eigenvalue weighted by Gasteiger charge is -2.18. The summed E-state index contributed by atoms with van der Waals surface area (Å²) in [6, 6.07) is 8.21. The predicted molar refractivity (Wildman–Crippen MR) is 77.6 cm³/mol. The Morgan fingerprint density at radius 3 is 2.90 bits per heavy atom. The number of nitrogens with two attached hydrogens (primary N) is 1. The number of carbonyl (C=O) groups excluding carboxylic acids is 1. The van der Waals surface area contributed by atoms with Crippen LogP contribution in [0.4, 0.5) is 5.69 Å². The summed E-state index contributed by atoms with van der Waals surface area (Å²) in [6.45, 7) is 0.346. The van der Waals surface area contributed by atoms with Crippen LogP contribution in [-0.4, -0.2) is 27.9 Å². The van der Waals surface area contributed by atoms with E-state index >= 15 is 0 Å². The van der Waals surface area contributed by atoms with Crippen molar-refractivity contribution < 1.29 is 9.90 Å². The number of nitrogens with zero attached hydrogens (tertiary/aromatic N) is 2. The molecule has 1 aromatic carbocycles. The maximum atomic E-state index is 12.3. The van der Waals surface area contributed by atoms with Gasteiger partial charge in [-0.15, -0.1) is 0 Å². The second-order valence-electron chi connectivity index (χ2n) is 4.44. The number of benzene rings is 1. The van der Waals surface area contributed by atoms with Crippen LogP contribution in [0.5, 0.6) is 5.75 Å². The van der Waals surface area contributed by atoms with E-state index in [-0.39, 0.29) is 22.4 Å². The second kappa shape index (κ2) is 5.79. The van der Waals surface area contributed by atoms with Gasteiger partial charge in [0, 0.05) is 13.6 Å². The van der Waals surface area contributed by atoms with Gasteiger partial charge in [0.25, 0.3) is 5.91 Å². The Morgan fingerprint density at radius 2 is 2.20 bits per heavy atom. The molecule has 0 saturated heterocycles. The Morgan fingerprint density at radius 1 is 1.45 bits per heavy atom. The van der Waals surface area contributed by atoms with Gasteiger partial charge in [-0.25, -0.2) is 4.98 Å². The molecule has 104 valence electrons. The van der Waals surface area contributed by atoms with Gasteiger partial charge in [0.05, 0.1) is 17.4 Å². The molecule has 20 heavy (non-hydrogen) atoms. The fraction of sp³-hybridized carbons (Fsp3) is 0.143. The number of hydrogen-bond donors (Lipinski definition) is 2. The molecule has 0 fully saturated rings. The van der Waals surface area contributed by atoms with Gasteiger partial charge in [-0.3, -0.25) is 4.79 Å². The first-order valence-corrected chi connectivity index (χ1v) is 6.29. The van der Waals surface area contributed by atoms with Crippen molar-refractivity contribution in [1.29, 1.82) is 0 Å². The van der Waals surface area contributed by atoms with E-state index in [1.54, 1.807) is 25.2 Å². The molecule has 2 rings (SSSR count). The highest BCUT2D eigenvalue weighted by Gasteiger charge is 2.16. The largest absolute Gasteiger partial charge is 0.508 e. The minimum atomic E-state index is -0.279. The van der Waals surface area contributed by atoms with Crippen molar-refractivity contribution in [3.8, 4) is 5.75 Å². The molecule has 0 aliphatic heterocycles. The summed E-state index contributed by atoms with van der Waals surface area (Å²) >= 11 is 5.91. The van der Waals surface area contributed by atoms with Crippen molar-refractivity contribution in [2.45, 2.75) is 6.54 Å². The van der Waals surface area contributed by atoms with Crippen LogP contribution >= 0.6 is 11.6 Å². The molecule has 0 saturated carbocycles. The Balaban J connectivity index is 2.18. The highest BCUT2D eigenvalue weighted by molar-refractivity contribution is 6.32. The van der Waals surface area contributed by atoms with E-state index in [0.29, 0.717) is 12.2 Å². The Hall–Kier alpha value is -2.27. The molecule has 0 aliphatic carbocycles. The maximum absolute atomic E-state index is 12.3. The van der Waals surface area contributed by atoms with Crippen molar-refractivity contribution in [3.63, 3.8) is 0 Å². The van der Waals surface area contributed by atoms with Crippen molar-refractivity contribution >= 4 is 23.2 Å². The summed E-state index contributed by atoms with van der Waals surface area (Å²) in [5.74, 6) is -0.120. The number of rotatable bonds is 3. The van der Waals surface area contributed by atoms with Crippen molar-refractivity contribution in [2.75, 3.05) is 12.8 Å². The van der Waals surface area contributed by atoms with Gasteiger partial charge >= 0.3 is 0 Å². The van der Waals surface area contributed by atoms with Gasteiger partial charge in [-0.2, -0.15) is 0 Å². The number of amides is 1. The standard InChI is InChI=1S/C14H14ClN3O2/c1-18(8-9-3-2-4-11(19)5-9)14(20)12-6-10(16)7-17-13(12)15/h2-7,19H,8,16H2,1H3. The highest BCUT2D eigenvalue weighted by Crippen LogP contribution is 2.19. The third kappa shape index (κ3) is 3.19. The number of aromatic nitrogens is 1. The molecule has 0 atom stereocenters. The molecule has 0 unspecified atom stereocenters. The fourth-order valence-electron chi connectivity index (χ4n) is 1.82. The number of phenols is 1. The van der Waals surface area contributed by atoms with Crippen LogP contribution in [0, 0.1) is 0 Å². The van der Waals surface area contributed by atoms with Gasteiger partial charge in [0.2, 0.25) is 0 Å². The second-order valence-corrected chi connectivity index (χ2v) is 4.80. The number of aromatic hydroxyl groups is 1. The molecule has 6 heteroatoms. The lowest BCUT2D eigenvalue weighted by molar-refractivity contribution is 0.0785. The molecule has 1 amide bonds. The lowest BCUT2D eigenvalue weighted by atomic mass is 10.2. The predicted octanol–water partition coefficient (Wildman–Crippen LogP) is 2.29. The molecule has 0 aliphatic rings. The van der Waals surface area contributed by atoms with Gasteiger partial charge in [0.15, 0.2) is 0 Å². The topological polar surface area (TPSA) is 79.5 Å². The average molecular weight is 292 g/mol. The highest BCUT2D eigenvalue weighted by atomic mass is 35.5. The maximum Gasteiger partial charge on any atom is 0.257 e. The Labute approximate surface area is 121 Å². The normalized spacial score (nSPS) is 10.3. The zero-order valence-electron chi connectivity index (χ0n) is 10.9. The number of nitrogen functional groups attached to an aromatic ring is 1. The summed E-state index contributed by atoms with van der Waals surface area (Å²) in [6.07, 6.45) is 1.40. The molecule has 0 bridgehead atoms. The SMILES string of the molecule is CN(Cc1cccc(O)c1)C(=O)c1cc(N)cnc1Cl. The average Bonchev–Trinajstić information content (AvgIpc) is 2.40. The van der Waals surface area contributed by atoms with Crippen molar-refractivity contribution in [2.24, 2.45) is 0 Å². The van der Waals surface area contributed by atoms with Gasteiger partial charge in [0.1, 0.15) is 10.9 Å². The summed E-state index contributed by atoms with van der Waals surface area (Å²) < 4.78 is 0. The van der Waals surface area contributed by atoms with Crippen LogP contribution < -0.4 is 5.73 Å². The van der Waals surface area contributed by atoms with Crippen LogP contribution in [0.1, 0.15) is 15.9 Å². The molecule has 5 nitrogen and oxygen atoms in total. The zero-order valence-corrected chi connectivity index (χ0v) is 11.6. The zero-order chi connectivity index (χ0) is 14.7. The van der Waals surface area contributed by atoms with Crippen molar-refractivity contribution in [1.82, 2.24) is 9.88 Å². The van der Waals surface area contributed by atoms with E-state index in [9.17, 15) is 9.90 Å². The molecule has 0 spiro atoms. The van der Waals surface area contributed by atoms with Gasteiger partial charge in [-0.05, 0) is 23.8 Å². The van der Waals surface area contributed by atoms with Crippen LogP contribution in [-0.2, 0) is 6.54 Å². The summed E-state index contributed by atoms with van der Waals surface area (Å²) in [5.41, 5.74) is 7.06. The molecular weight excluding hydrogens is 278 g/mol. The molecule has 1 heterocycles. The van der Waals surface area contributed by atoms with E-state index in [1.165, 1.54) is 17.2 Å². The van der Waals surface area contributed by atoms with E-state index in [1.807, 2.05) is 6.07 Å². The van der Waals surface area contributed by atoms with E-state index < -0.39 is 0 Å². The fourth-order valence-corrected chi connectivity index (χ4v) is 2.00. The van der Waals surface area contributed by atoms with Gasteiger partial charge < -0.3 is 15.7 Å². The molecule has 1 aromatic heterocycles. The van der Waals surface area contributed by atoms with Gasteiger partial charge in [-0.1, -0.05) is 23.7 Å². The quantitative estimate of drug-likeness (QED) is 0.850. The first-order valence-electron chi connectivity index (χ1n) is 5.92. The Kier molecular flexibility index (Phi) is 4.10. The molecule has 0 radical (unpaired) electrons. The molecule has 2 aromatic rings. The first-order chi connectivity index (χ1) is 9.47. The number of anilines is 1. The first kappa shape index (κ1) is 14.1. The summed E-state index contributed by atoms with van der Waals surface area (Å²) in [5, 5.41) is 9.53. The summed E-state index contributed by atoms with van der Waals surface area (Å²) in [7, 11) is 1.64. The molecular formula is C14H14ClN3O2. The monoisotopic (exact) mass is 291 g/mol. The van der Waals surface area contributed by atoms with E-state index in [4.69, 9.17) is 17.3 Å². The van der Waals surface area contributed by atoms with Crippen LogP contribution in [0.15, 0.2) is 36.5 Å². The van der Waals surface area contributed by atoms with E-state index in [2.05, 4.69) is 4.98 Å². The Bertz CT molecular complexity index is 646. The molecule has 3 N–H and O–H groups in total. The van der Waals surface area contributed by atoms with Crippen molar-refractivity contribution in [3.05, 3.63) is 52.8 Å². The number of phenolic OH excluding ortho intramolecular Hbond substituents is 1. The lowest BCUT2D eigenvalue weighted by Crippen LogP contribution is -2.26. The van der Waals surface area contributed by atoms with Crippen LogP contribution in [0.3, 0.4) is 0 Å². The van der Waals surface area contributed by atoms with E-state index in [0.717, 1.165) is 5.56 Å². The smallest absolute Gasteiger partial charge is 0.257 e. The van der Waals surface area contributed by atoms with Crippen LogP contribution in [0.25, 0.3) is 0 Å². The number of pyridine rings is 1. The van der Waals surface area contributed by atoms with Crippen LogP contribution in [0.2, 0.25) is 5.15 Å².